The van der Waals surface area contributed by atoms with Crippen LogP contribution < -0.4 is 20.1 Å². The molecule has 5 heteroatoms. The molecule has 1 aliphatic heterocycles. The van der Waals surface area contributed by atoms with E-state index in [1.54, 1.807) is 14.2 Å². The Morgan fingerprint density at radius 1 is 1.00 bits per heavy atom. The molecular formula is C21H22N2O3. The predicted molar refractivity (Wildman–Crippen MR) is 102 cm³/mol. The lowest BCUT2D eigenvalue weighted by Gasteiger charge is -2.26. The van der Waals surface area contributed by atoms with Gasteiger partial charge in [-0.15, -0.1) is 0 Å². The molecule has 4 rings (SSSR count). The third kappa shape index (κ3) is 2.79. The summed E-state index contributed by atoms with van der Waals surface area (Å²) >= 11 is 0. The van der Waals surface area contributed by atoms with Crippen LogP contribution in [0.4, 0.5) is 11.4 Å². The van der Waals surface area contributed by atoms with Gasteiger partial charge in [0, 0.05) is 29.3 Å². The van der Waals surface area contributed by atoms with Crippen LogP contribution in [0, 0.1) is 0 Å². The predicted octanol–water partition coefficient (Wildman–Crippen LogP) is 4.29. The van der Waals surface area contributed by atoms with Crippen LogP contribution >= 0.6 is 0 Å². The number of carbonyl (C=O) groups is 1. The topological polar surface area (TPSA) is 59.6 Å². The zero-order valence-electron chi connectivity index (χ0n) is 15.0. The van der Waals surface area contributed by atoms with E-state index in [-0.39, 0.29) is 11.8 Å². The van der Waals surface area contributed by atoms with Gasteiger partial charge in [0.15, 0.2) is 5.78 Å². The Balaban J connectivity index is 1.88. The van der Waals surface area contributed by atoms with Crippen molar-refractivity contribution in [2.24, 2.45) is 0 Å². The molecule has 0 unspecified atom stereocenters. The summed E-state index contributed by atoms with van der Waals surface area (Å²) in [5, 5.41) is 7.04. The Labute approximate surface area is 153 Å². The molecule has 0 amide bonds. The summed E-state index contributed by atoms with van der Waals surface area (Å²) in [6, 6.07) is 13.5. The molecule has 1 aliphatic carbocycles. The molecule has 1 atom stereocenters. The van der Waals surface area contributed by atoms with Crippen molar-refractivity contribution < 1.29 is 14.3 Å². The number of hydrogen-bond donors (Lipinski definition) is 2. The van der Waals surface area contributed by atoms with Gasteiger partial charge >= 0.3 is 0 Å². The maximum atomic E-state index is 12.8. The van der Waals surface area contributed by atoms with Crippen LogP contribution in [0.3, 0.4) is 0 Å². The number of ketones is 1. The van der Waals surface area contributed by atoms with E-state index in [1.165, 1.54) is 0 Å². The van der Waals surface area contributed by atoms with E-state index in [4.69, 9.17) is 9.47 Å². The van der Waals surface area contributed by atoms with Gasteiger partial charge in [0.1, 0.15) is 11.5 Å². The third-order valence-corrected chi connectivity index (χ3v) is 5.01. The van der Waals surface area contributed by atoms with Crippen LogP contribution in [0.2, 0.25) is 0 Å². The molecule has 0 aromatic heterocycles. The minimum absolute atomic E-state index is 0.182. The number of fused-ring (bicyclic) bond motifs is 1. The average Bonchev–Trinajstić information content (AvgIpc) is 2.84. The van der Waals surface area contributed by atoms with Crippen molar-refractivity contribution in [2.75, 3.05) is 24.9 Å². The van der Waals surface area contributed by atoms with Gasteiger partial charge in [-0.05, 0) is 37.1 Å². The Morgan fingerprint density at radius 3 is 2.58 bits per heavy atom. The first-order valence-electron chi connectivity index (χ1n) is 8.82. The summed E-state index contributed by atoms with van der Waals surface area (Å²) in [7, 11) is 3.27. The normalized spacial score (nSPS) is 18.8. The van der Waals surface area contributed by atoms with E-state index in [9.17, 15) is 4.79 Å². The quantitative estimate of drug-likeness (QED) is 0.865. The lowest BCUT2D eigenvalue weighted by molar-refractivity contribution is -0.116. The molecule has 0 bridgehead atoms. The first kappa shape index (κ1) is 16.5. The van der Waals surface area contributed by atoms with Gasteiger partial charge in [0.2, 0.25) is 0 Å². The van der Waals surface area contributed by atoms with Gasteiger partial charge in [0.05, 0.1) is 31.6 Å². The fourth-order valence-corrected chi connectivity index (χ4v) is 3.73. The maximum Gasteiger partial charge on any atom is 0.163 e. The number of hydrogen-bond acceptors (Lipinski definition) is 5. The van der Waals surface area contributed by atoms with Crippen LogP contribution in [0.25, 0.3) is 0 Å². The molecule has 0 saturated heterocycles. The molecule has 0 fully saturated rings. The largest absolute Gasteiger partial charge is 0.497 e. The summed E-state index contributed by atoms with van der Waals surface area (Å²) in [6.07, 6.45) is 2.32. The summed E-state index contributed by atoms with van der Waals surface area (Å²) in [6.45, 7) is 0. The van der Waals surface area contributed by atoms with Crippen molar-refractivity contribution in [1.29, 1.82) is 0 Å². The van der Waals surface area contributed by atoms with Gasteiger partial charge in [-0.1, -0.05) is 12.1 Å². The van der Waals surface area contributed by atoms with Crippen LogP contribution in [-0.4, -0.2) is 20.0 Å². The van der Waals surface area contributed by atoms with E-state index in [0.717, 1.165) is 46.8 Å². The molecule has 0 saturated carbocycles. The van der Waals surface area contributed by atoms with Gasteiger partial charge in [0.25, 0.3) is 0 Å². The number of anilines is 2. The lowest BCUT2D eigenvalue weighted by Crippen LogP contribution is -2.24. The molecule has 0 radical (unpaired) electrons. The molecule has 5 nitrogen and oxygen atoms in total. The number of carbonyl (C=O) groups excluding carboxylic acids is 1. The van der Waals surface area contributed by atoms with E-state index in [1.807, 2.05) is 42.5 Å². The van der Waals surface area contributed by atoms with Crippen LogP contribution in [0.1, 0.15) is 30.9 Å². The Bertz CT molecular complexity index is 889. The van der Waals surface area contributed by atoms with Crippen molar-refractivity contribution in [3.05, 3.63) is 59.3 Å². The van der Waals surface area contributed by atoms with Crippen molar-refractivity contribution in [1.82, 2.24) is 0 Å². The first-order valence-corrected chi connectivity index (χ1v) is 8.82. The molecule has 134 valence electrons. The fourth-order valence-electron chi connectivity index (χ4n) is 3.73. The second-order valence-electron chi connectivity index (χ2n) is 6.52. The molecule has 2 aliphatic rings. The second-order valence-corrected chi connectivity index (χ2v) is 6.52. The molecule has 26 heavy (non-hydrogen) atoms. The second kappa shape index (κ2) is 6.75. The minimum Gasteiger partial charge on any atom is -0.497 e. The number of Topliss-reactive ketones (excluding diaryl/α,β-unsaturated/α-hetero) is 1. The summed E-state index contributed by atoms with van der Waals surface area (Å²) in [5.74, 6) is 1.61. The highest BCUT2D eigenvalue weighted by atomic mass is 16.5. The van der Waals surface area contributed by atoms with Crippen molar-refractivity contribution in [3.8, 4) is 11.5 Å². The number of nitrogens with one attached hydrogen (secondary N) is 2. The first-order chi connectivity index (χ1) is 12.7. The zero-order valence-corrected chi connectivity index (χ0v) is 15.0. The highest BCUT2D eigenvalue weighted by Crippen LogP contribution is 2.43. The number of methoxy groups -OCH3 is 2. The van der Waals surface area contributed by atoms with E-state index >= 15 is 0 Å². The van der Waals surface area contributed by atoms with Crippen LogP contribution in [-0.2, 0) is 4.79 Å². The molecule has 0 spiro atoms. The number of para-hydroxylation sites is 2. The minimum atomic E-state index is -0.269. The SMILES string of the molecule is COc1ccc([C@H]2Nc3ccccc3NC3=C2C(=O)CCC3)c(OC)c1. The summed E-state index contributed by atoms with van der Waals surface area (Å²) in [5.41, 5.74) is 4.69. The Kier molecular flexibility index (Phi) is 4.29. The van der Waals surface area contributed by atoms with E-state index in [0.29, 0.717) is 12.2 Å². The van der Waals surface area contributed by atoms with Gasteiger partial charge in [-0.25, -0.2) is 0 Å². The molecule has 2 aromatic rings. The number of ether oxygens (including phenoxy) is 2. The van der Waals surface area contributed by atoms with Crippen molar-refractivity contribution in [2.45, 2.75) is 25.3 Å². The van der Waals surface area contributed by atoms with Crippen molar-refractivity contribution in [3.63, 3.8) is 0 Å². The van der Waals surface area contributed by atoms with Gasteiger partial charge in [-0.2, -0.15) is 0 Å². The van der Waals surface area contributed by atoms with E-state index < -0.39 is 0 Å². The highest BCUT2D eigenvalue weighted by molar-refractivity contribution is 6.00. The highest BCUT2D eigenvalue weighted by Gasteiger charge is 2.33. The number of benzene rings is 2. The van der Waals surface area contributed by atoms with Gasteiger partial charge in [-0.3, -0.25) is 4.79 Å². The smallest absolute Gasteiger partial charge is 0.163 e. The summed E-state index contributed by atoms with van der Waals surface area (Å²) < 4.78 is 10.9. The molecule has 1 heterocycles. The van der Waals surface area contributed by atoms with Crippen molar-refractivity contribution >= 4 is 17.2 Å². The Hall–Kier alpha value is -2.95. The number of rotatable bonds is 3. The lowest BCUT2D eigenvalue weighted by atomic mass is 9.86. The Morgan fingerprint density at radius 2 is 1.81 bits per heavy atom. The maximum absolute atomic E-state index is 12.8. The monoisotopic (exact) mass is 350 g/mol. The van der Waals surface area contributed by atoms with E-state index in [2.05, 4.69) is 10.6 Å². The van der Waals surface area contributed by atoms with Crippen LogP contribution in [0.5, 0.6) is 11.5 Å². The molecule has 2 aromatic carbocycles. The third-order valence-electron chi connectivity index (χ3n) is 5.01. The molecule has 2 N–H and O–H groups in total. The summed E-state index contributed by atoms with van der Waals surface area (Å²) in [4.78, 5) is 12.8. The standard InChI is InChI=1S/C21H22N2O3/c1-25-13-10-11-14(19(12-13)26-2)21-20-17(8-5-9-18(20)24)22-15-6-3-4-7-16(15)23-21/h3-4,6-7,10-12,21-23H,5,8-9H2,1-2H3/t21-/m1/s1. The molecular weight excluding hydrogens is 328 g/mol. The number of allylic oxidation sites excluding steroid dienone is 1. The average molecular weight is 350 g/mol. The fraction of sp³-hybridized carbons (Fsp3) is 0.286. The van der Waals surface area contributed by atoms with Crippen LogP contribution in [0.15, 0.2) is 53.7 Å². The van der Waals surface area contributed by atoms with Gasteiger partial charge < -0.3 is 20.1 Å². The zero-order chi connectivity index (χ0) is 18.1.